The number of morpholine rings is 1. The molecule has 0 spiro atoms. The molecule has 0 bridgehead atoms. The van der Waals surface area contributed by atoms with Crippen LogP contribution in [0.5, 0.6) is 0 Å². The molecule has 2 aromatic rings. The number of amides is 1. The van der Waals surface area contributed by atoms with E-state index in [4.69, 9.17) is 4.74 Å². The Morgan fingerprint density at radius 2 is 1.77 bits per heavy atom. The van der Waals surface area contributed by atoms with E-state index in [0.717, 1.165) is 0 Å². The van der Waals surface area contributed by atoms with Crippen LogP contribution in [0.3, 0.4) is 0 Å². The lowest BCUT2D eigenvalue weighted by molar-refractivity contribution is -0.140. The molecule has 0 saturated carbocycles. The highest BCUT2D eigenvalue weighted by Gasteiger charge is 2.36. The van der Waals surface area contributed by atoms with Gasteiger partial charge in [-0.2, -0.15) is 4.31 Å². The first kappa shape index (κ1) is 21.8. The molecule has 3 heterocycles. The van der Waals surface area contributed by atoms with E-state index in [1.807, 2.05) is 4.90 Å². The van der Waals surface area contributed by atoms with E-state index in [2.05, 4.69) is 4.98 Å². The van der Waals surface area contributed by atoms with Gasteiger partial charge >= 0.3 is 0 Å². The van der Waals surface area contributed by atoms with E-state index in [0.29, 0.717) is 31.9 Å². The Kier molecular flexibility index (Phi) is 6.61. The average molecular weight is 449 g/mol. The Labute approximate surface area is 181 Å². The van der Waals surface area contributed by atoms with Crippen LogP contribution in [0.25, 0.3) is 0 Å². The maximum atomic E-state index is 13.9. The number of piperazine rings is 1. The van der Waals surface area contributed by atoms with Gasteiger partial charge in [-0.15, -0.1) is 0 Å². The summed E-state index contributed by atoms with van der Waals surface area (Å²) in [6.45, 7) is 3.10. The van der Waals surface area contributed by atoms with Crippen LogP contribution in [0.1, 0.15) is 11.6 Å². The third-order valence-electron chi connectivity index (χ3n) is 5.63. The van der Waals surface area contributed by atoms with Gasteiger partial charge in [-0.1, -0.05) is 12.1 Å². The molecule has 1 atom stereocenters. The molecule has 2 saturated heterocycles. The largest absolute Gasteiger partial charge is 0.379 e. The van der Waals surface area contributed by atoms with Crippen molar-refractivity contribution in [2.45, 2.75) is 10.9 Å². The van der Waals surface area contributed by atoms with Crippen molar-refractivity contribution in [3.63, 3.8) is 0 Å². The molecule has 0 radical (unpaired) electrons. The smallest absolute Gasteiger partial charge is 0.244 e. The van der Waals surface area contributed by atoms with E-state index in [9.17, 15) is 17.6 Å². The topological polar surface area (TPSA) is 83.0 Å². The Morgan fingerprint density at radius 3 is 2.42 bits per heavy atom. The van der Waals surface area contributed by atoms with Crippen LogP contribution in [0, 0.1) is 5.82 Å². The van der Waals surface area contributed by atoms with Crippen molar-refractivity contribution in [1.29, 1.82) is 0 Å². The van der Waals surface area contributed by atoms with Crippen LogP contribution in [0.4, 0.5) is 4.39 Å². The zero-order valence-corrected chi connectivity index (χ0v) is 17.9. The first-order valence-corrected chi connectivity index (χ1v) is 11.7. The molecule has 0 N–H and O–H groups in total. The molecule has 0 unspecified atom stereocenters. The van der Waals surface area contributed by atoms with Gasteiger partial charge in [-0.25, -0.2) is 12.8 Å². The highest BCUT2D eigenvalue weighted by Crippen LogP contribution is 2.26. The standard InChI is InChI=1S/C21H25FN4O4S/c22-18-4-1-3-17(15-18)20(24-11-13-30-14-12-24)21(27)25-7-9-26(10-8-25)31(28,29)19-5-2-6-23-16-19/h1-6,15-16,20H,7-14H2/t20-/m1/s1. The molecule has 31 heavy (non-hydrogen) atoms. The van der Waals surface area contributed by atoms with Crippen LogP contribution in [-0.2, 0) is 19.6 Å². The molecule has 4 rings (SSSR count). The second-order valence-corrected chi connectivity index (χ2v) is 9.46. The number of rotatable bonds is 5. The number of sulfonamides is 1. The predicted octanol–water partition coefficient (Wildman–Crippen LogP) is 1.13. The molecule has 2 aliphatic heterocycles. The van der Waals surface area contributed by atoms with Gasteiger partial charge in [-0.3, -0.25) is 14.7 Å². The fourth-order valence-electron chi connectivity index (χ4n) is 3.99. The van der Waals surface area contributed by atoms with E-state index < -0.39 is 21.9 Å². The van der Waals surface area contributed by atoms with Crippen LogP contribution >= 0.6 is 0 Å². The molecular formula is C21H25FN4O4S. The van der Waals surface area contributed by atoms with Crippen molar-refractivity contribution in [3.05, 3.63) is 60.2 Å². The highest BCUT2D eigenvalue weighted by molar-refractivity contribution is 7.89. The summed E-state index contributed by atoms with van der Waals surface area (Å²) in [6.07, 6.45) is 2.85. The lowest BCUT2D eigenvalue weighted by atomic mass is 10.0. The van der Waals surface area contributed by atoms with Crippen molar-refractivity contribution in [2.24, 2.45) is 0 Å². The van der Waals surface area contributed by atoms with Gasteiger partial charge in [0.15, 0.2) is 0 Å². The van der Waals surface area contributed by atoms with E-state index in [1.54, 1.807) is 23.1 Å². The SMILES string of the molecule is O=C([C@@H](c1cccc(F)c1)N1CCOCC1)N1CCN(S(=O)(=O)c2cccnc2)CC1. The van der Waals surface area contributed by atoms with Crippen LogP contribution in [0.15, 0.2) is 53.7 Å². The Bertz CT molecular complexity index is 1010. The Hall–Kier alpha value is -2.40. The van der Waals surface area contributed by atoms with Crippen LogP contribution in [-0.4, -0.2) is 85.9 Å². The number of halogens is 1. The summed E-state index contributed by atoms with van der Waals surface area (Å²) >= 11 is 0. The van der Waals surface area contributed by atoms with E-state index >= 15 is 0 Å². The normalized spacial score (nSPS) is 19.8. The highest BCUT2D eigenvalue weighted by atomic mass is 32.2. The fraction of sp³-hybridized carbons (Fsp3) is 0.429. The van der Waals surface area contributed by atoms with Crippen molar-refractivity contribution < 1.29 is 22.3 Å². The molecular weight excluding hydrogens is 423 g/mol. The molecule has 8 nitrogen and oxygen atoms in total. The second kappa shape index (κ2) is 9.39. The third-order valence-corrected chi connectivity index (χ3v) is 7.51. The number of carbonyl (C=O) groups is 1. The molecule has 0 aliphatic carbocycles. The summed E-state index contributed by atoms with van der Waals surface area (Å²) in [5, 5.41) is 0. The van der Waals surface area contributed by atoms with Gasteiger partial charge in [-0.05, 0) is 29.8 Å². The minimum atomic E-state index is -3.65. The fourth-order valence-corrected chi connectivity index (χ4v) is 5.38. The minimum Gasteiger partial charge on any atom is -0.379 e. The zero-order valence-electron chi connectivity index (χ0n) is 17.1. The molecule has 1 amide bonds. The third kappa shape index (κ3) is 4.77. The Balaban J connectivity index is 1.50. The number of ether oxygens (including phenoxy) is 1. The van der Waals surface area contributed by atoms with Gasteiger partial charge in [0.25, 0.3) is 0 Å². The maximum Gasteiger partial charge on any atom is 0.244 e. The molecule has 2 fully saturated rings. The van der Waals surface area contributed by atoms with Gasteiger partial charge in [0.2, 0.25) is 15.9 Å². The summed E-state index contributed by atoms with van der Waals surface area (Å²) in [5.74, 6) is -0.540. The van der Waals surface area contributed by atoms with Crippen molar-refractivity contribution in [1.82, 2.24) is 19.1 Å². The van der Waals surface area contributed by atoms with Gasteiger partial charge in [0.1, 0.15) is 16.8 Å². The van der Waals surface area contributed by atoms with Crippen LogP contribution < -0.4 is 0 Å². The molecule has 1 aromatic carbocycles. The maximum absolute atomic E-state index is 13.9. The van der Waals surface area contributed by atoms with Crippen molar-refractivity contribution in [2.75, 3.05) is 52.5 Å². The number of hydrogen-bond acceptors (Lipinski definition) is 6. The number of carbonyl (C=O) groups excluding carboxylic acids is 1. The van der Waals surface area contributed by atoms with Crippen molar-refractivity contribution in [3.8, 4) is 0 Å². The first-order valence-electron chi connectivity index (χ1n) is 10.2. The van der Waals surface area contributed by atoms with Crippen LogP contribution in [0.2, 0.25) is 0 Å². The Morgan fingerprint density at radius 1 is 1.03 bits per heavy atom. The summed E-state index contributed by atoms with van der Waals surface area (Å²) < 4.78 is 46.3. The monoisotopic (exact) mass is 448 g/mol. The summed E-state index contributed by atoms with van der Waals surface area (Å²) in [7, 11) is -3.65. The molecule has 2 aliphatic rings. The van der Waals surface area contributed by atoms with Gasteiger partial charge in [0.05, 0.1) is 13.2 Å². The molecule has 166 valence electrons. The van der Waals surface area contributed by atoms with Crippen molar-refractivity contribution >= 4 is 15.9 Å². The number of benzene rings is 1. The minimum absolute atomic E-state index is 0.140. The van der Waals surface area contributed by atoms with E-state index in [1.165, 1.54) is 34.9 Å². The zero-order chi connectivity index (χ0) is 21.8. The lowest BCUT2D eigenvalue weighted by Gasteiger charge is -2.39. The average Bonchev–Trinajstić information content (AvgIpc) is 2.81. The number of nitrogens with zero attached hydrogens (tertiary/aromatic N) is 4. The molecule has 1 aromatic heterocycles. The lowest BCUT2D eigenvalue weighted by Crippen LogP contribution is -2.54. The molecule has 10 heteroatoms. The van der Waals surface area contributed by atoms with E-state index in [-0.39, 0.29) is 37.0 Å². The summed E-state index contributed by atoms with van der Waals surface area (Å²) in [4.78, 5) is 21.2. The second-order valence-electron chi connectivity index (χ2n) is 7.52. The predicted molar refractivity (Wildman–Crippen MR) is 111 cm³/mol. The number of aromatic nitrogens is 1. The number of pyridine rings is 1. The van der Waals surface area contributed by atoms with Gasteiger partial charge in [0, 0.05) is 51.7 Å². The summed E-state index contributed by atoms with van der Waals surface area (Å²) in [5.41, 5.74) is 0.595. The number of hydrogen-bond donors (Lipinski definition) is 0. The first-order chi connectivity index (χ1) is 15.0. The summed E-state index contributed by atoms with van der Waals surface area (Å²) in [6, 6.07) is 8.57. The quantitative estimate of drug-likeness (QED) is 0.682. The van der Waals surface area contributed by atoms with Gasteiger partial charge < -0.3 is 9.64 Å².